The molecule has 2 N–H and O–H groups in total. The summed E-state index contributed by atoms with van der Waals surface area (Å²) in [6, 6.07) is 0. The Labute approximate surface area is 69.4 Å². The quantitative estimate of drug-likeness (QED) is 0.660. The van der Waals surface area contributed by atoms with Gasteiger partial charge < -0.3 is 5.73 Å². The van der Waals surface area contributed by atoms with Crippen LogP contribution in [0, 0.1) is 17.8 Å². The highest BCUT2D eigenvalue weighted by atomic mass is 14.9. The predicted molar refractivity (Wildman–Crippen MR) is 47.2 cm³/mol. The first-order valence-electron chi connectivity index (χ1n) is 4.91. The van der Waals surface area contributed by atoms with Gasteiger partial charge >= 0.3 is 0 Å². The summed E-state index contributed by atoms with van der Waals surface area (Å²) < 4.78 is 0. The van der Waals surface area contributed by atoms with Gasteiger partial charge in [0.05, 0.1) is 0 Å². The largest absolute Gasteiger partial charge is 0.325 e. The van der Waals surface area contributed by atoms with Crippen LogP contribution in [-0.4, -0.2) is 5.54 Å². The average molecular weight is 153 g/mol. The average Bonchev–Trinajstić information content (AvgIpc) is 2.61. The van der Waals surface area contributed by atoms with E-state index in [9.17, 15) is 0 Å². The second kappa shape index (κ2) is 2.22. The van der Waals surface area contributed by atoms with Crippen molar-refractivity contribution in [3.63, 3.8) is 0 Å². The molecule has 0 radical (unpaired) electrons. The second-order valence-corrected chi connectivity index (χ2v) is 4.98. The van der Waals surface area contributed by atoms with Crippen LogP contribution < -0.4 is 5.73 Å². The molecule has 1 nitrogen and oxygen atoms in total. The van der Waals surface area contributed by atoms with Crippen molar-refractivity contribution >= 4 is 0 Å². The molecule has 0 aromatic heterocycles. The number of hydrogen-bond acceptors (Lipinski definition) is 1. The summed E-state index contributed by atoms with van der Waals surface area (Å²) >= 11 is 0. The van der Waals surface area contributed by atoms with Crippen molar-refractivity contribution in [2.45, 2.75) is 45.1 Å². The SMILES string of the molecule is CC(C)CC1(N)CC1C1CC1. The Balaban J connectivity index is 1.84. The smallest absolute Gasteiger partial charge is 0.0192 e. The Bertz CT molecular complexity index is 160. The molecule has 11 heavy (non-hydrogen) atoms. The number of nitrogens with two attached hydrogens (primary N) is 1. The van der Waals surface area contributed by atoms with Gasteiger partial charge in [0, 0.05) is 5.54 Å². The molecule has 2 rings (SSSR count). The van der Waals surface area contributed by atoms with Crippen molar-refractivity contribution in [2.24, 2.45) is 23.5 Å². The lowest BCUT2D eigenvalue weighted by molar-refractivity contribution is 0.438. The normalized spacial score (nSPS) is 43.1. The van der Waals surface area contributed by atoms with E-state index >= 15 is 0 Å². The molecular weight excluding hydrogens is 134 g/mol. The van der Waals surface area contributed by atoms with E-state index < -0.39 is 0 Å². The van der Waals surface area contributed by atoms with Crippen LogP contribution in [0.5, 0.6) is 0 Å². The third-order valence-electron chi connectivity index (χ3n) is 3.16. The molecule has 0 aromatic rings. The standard InChI is InChI=1S/C10H19N/c1-7(2)5-10(11)6-9(10)8-3-4-8/h7-9H,3-6,11H2,1-2H3. The molecule has 2 unspecified atom stereocenters. The topological polar surface area (TPSA) is 26.0 Å². The predicted octanol–water partition coefficient (Wildman–Crippen LogP) is 2.16. The highest BCUT2D eigenvalue weighted by molar-refractivity contribution is 5.13. The van der Waals surface area contributed by atoms with Gasteiger partial charge in [0.2, 0.25) is 0 Å². The molecule has 0 aromatic carbocycles. The van der Waals surface area contributed by atoms with Crippen LogP contribution in [0.25, 0.3) is 0 Å². The van der Waals surface area contributed by atoms with Gasteiger partial charge in [-0.1, -0.05) is 13.8 Å². The van der Waals surface area contributed by atoms with Crippen LogP contribution in [0.2, 0.25) is 0 Å². The summed E-state index contributed by atoms with van der Waals surface area (Å²) in [5.41, 5.74) is 6.51. The first kappa shape index (κ1) is 7.60. The third-order valence-corrected chi connectivity index (χ3v) is 3.16. The molecule has 64 valence electrons. The summed E-state index contributed by atoms with van der Waals surface area (Å²) in [7, 11) is 0. The van der Waals surface area contributed by atoms with Gasteiger partial charge in [-0.05, 0) is 43.4 Å². The van der Waals surface area contributed by atoms with Gasteiger partial charge in [0.25, 0.3) is 0 Å². The van der Waals surface area contributed by atoms with E-state index in [4.69, 9.17) is 5.73 Å². The third kappa shape index (κ3) is 1.44. The van der Waals surface area contributed by atoms with Crippen LogP contribution >= 0.6 is 0 Å². The van der Waals surface area contributed by atoms with Gasteiger partial charge in [-0.2, -0.15) is 0 Å². The molecule has 2 fully saturated rings. The Morgan fingerprint density at radius 3 is 2.55 bits per heavy atom. The fourth-order valence-electron chi connectivity index (χ4n) is 2.48. The summed E-state index contributed by atoms with van der Waals surface area (Å²) in [4.78, 5) is 0. The molecule has 0 heterocycles. The van der Waals surface area contributed by atoms with Gasteiger partial charge in [0.15, 0.2) is 0 Å². The van der Waals surface area contributed by atoms with E-state index in [1.165, 1.54) is 25.7 Å². The Morgan fingerprint density at radius 1 is 1.45 bits per heavy atom. The van der Waals surface area contributed by atoms with Crippen molar-refractivity contribution in [3.8, 4) is 0 Å². The van der Waals surface area contributed by atoms with Crippen molar-refractivity contribution in [1.29, 1.82) is 0 Å². The number of hydrogen-bond donors (Lipinski definition) is 1. The van der Waals surface area contributed by atoms with E-state index in [0.29, 0.717) is 0 Å². The zero-order valence-corrected chi connectivity index (χ0v) is 7.64. The fourth-order valence-corrected chi connectivity index (χ4v) is 2.48. The lowest BCUT2D eigenvalue weighted by Gasteiger charge is -2.13. The maximum atomic E-state index is 6.23. The highest BCUT2D eigenvalue weighted by Gasteiger charge is 2.56. The maximum absolute atomic E-state index is 6.23. The van der Waals surface area contributed by atoms with Crippen LogP contribution in [0.1, 0.15) is 39.5 Å². The minimum absolute atomic E-state index is 0.273. The molecule has 0 spiro atoms. The molecule has 2 atom stereocenters. The Morgan fingerprint density at radius 2 is 2.09 bits per heavy atom. The zero-order valence-electron chi connectivity index (χ0n) is 7.64. The molecule has 2 aliphatic carbocycles. The molecule has 2 saturated carbocycles. The molecule has 0 bridgehead atoms. The molecule has 0 aliphatic heterocycles. The highest BCUT2D eigenvalue weighted by Crippen LogP contribution is 2.57. The minimum atomic E-state index is 0.273. The van der Waals surface area contributed by atoms with E-state index in [0.717, 1.165) is 17.8 Å². The maximum Gasteiger partial charge on any atom is 0.0192 e. The first-order valence-corrected chi connectivity index (χ1v) is 4.91. The van der Waals surface area contributed by atoms with E-state index in [1.807, 2.05) is 0 Å². The van der Waals surface area contributed by atoms with E-state index in [-0.39, 0.29) is 5.54 Å². The lowest BCUT2D eigenvalue weighted by atomic mass is 9.99. The van der Waals surface area contributed by atoms with Crippen molar-refractivity contribution in [1.82, 2.24) is 0 Å². The summed E-state index contributed by atoms with van der Waals surface area (Å²) in [5.74, 6) is 2.72. The zero-order chi connectivity index (χ0) is 8.06. The first-order chi connectivity index (χ1) is 5.12. The summed E-state index contributed by atoms with van der Waals surface area (Å²) in [5, 5.41) is 0. The van der Waals surface area contributed by atoms with Gasteiger partial charge in [-0.25, -0.2) is 0 Å². The fraction of sp³-hybridized carbons (Fsp3) is 1.00. The van der Waals surface area contributed by atoms with Gasteiger partial charge in [-0.3, -0.25) is 0 Å². The van der Waals surface area contributed by atoms with Gasteiger partial charge in [0.1, 0.15) is 0 Å². The summed E-state index contributed by atoms with van der Waals surface area (Å²) in [6.45, 7) is 4.55. The molecule has 0 saturated heterocycles. The Hall–Kier alpha value is -0.0400. The van der Waals surface area contributed by atoms with Crippen molar-refractivity contribution in [2.75, 3.05) is 0 Å². The van der Waals surface area contributed by atoms with Crippen molar-refractivity contribution < 1.29 is 0 Å². The lowest BCUT2D eigenvalue weighted by Crippen LogP contribution is -2.27. The second-order valence-electron chi connectivity index (χ2n) is 4.98. The molecule has 2 aliphatic rings. The Kier molecular flexibility index (Phi) is 1.54. The van der Waals surface area contributed by atoms with Crippen LogP contribution in [0.15, 0.2) is 0 Å². The monoisotopic (exact) mass is 153 g/mol. The van der Waals surface area contributed by atoms with Crippen molar-refractivity contribution in [3.05, 3.63) is 0 Å². The van der Waals surface area contributed by atoms with E-state index in [2.05, 4.69) is 13.8 Å². The molecular formula is C10H19N. The minimum Gasteiger partial charge on any atom is -0.325 e. The number of rotatable bonds is 3. The molecule has 1 heteroatoms. The van der Waals surface area contributed by atoms with Crippen LogP contribution in [0.3, 0.4) is 0 Å². The van der Waals surface area contributed by atoms with Crippen LogP contribution in [-0.2, 0) is 0 Å². The van der Waals surface area contributed by atoms with Crippen LogP contribution in [0.4, 0.5) is 0 Å². The summed E-state index contributed by atoms with van der Waals surface area (Å²) in [6.07, 6.45) is 5.48. The van der Waals surface area contributed by atoms with Gasteiger partial charge in [-0.15, -0.1) is 0 Å². The van der Waals surface area contributed by atoms with E-state index in [1.54, 1.807) is 0 Å². The molecule has 0 amide bonds.